The quantitative estimate of drug-likeness (QED) is 0.879. The fraction of sp³-hybridized carbons (Fsp3) is 0.714. The minimum Gasteiger partial charge on any atom is -0.383 e. The van der Waals surface area contributed by atoms with E-state index < -0.39 is 0 Å². The Morgan fingerprint density at radius 2 is 1.95 bits per heavy atom. The van der Waals surface area contributed by atoms with Crippen LogP contribution < -0.4 is 10.6 Å². The Bertz CT molecular complexity index is 457. The summed E-state index contributed by atoms with van der Waals surface area (Å²) in [5.41, 5.74) is 7.05. The van der Waals surface area contributed by atoms with Crippen LogP contribution in [0, 0.1) is 6.92 Å². The normalized spacial score (nSPS) is 21.2. The number of nitrogens with zero attached hydrogens (tertiary/aromatic N) is 4. The molecular formula is C14H25N5. The van der Waals surface area contributed by atoms with E-state index in [0.29, 0.717) is 17.8 Å². The van der Waals surface area contributed by atoms with Gasteiger partial charge in [0.2, 0.25) is 0 Å². The first-order valence-corrected chi connectivity index (χ1v) is 6.99. The molecule has 2 rings (SSSR count). The van der Waals surface area contributed by atoms with Gasteiger partial charge in [-0.25, -0.2) is 9.97 Å². The van der Waals surface area contributed by atoms with Crippen LogP contribution in [0.1, 0.15) is 38.1 Å². The summed E-state index contributed by atoms with van der Waals surface area (Å²) >= 11 is 0. The fourth-order valence-electron chi connectivity index (χ4n) is 2.53. The van der Waals surface area contributed by atoms with Crippen molar-refractivity contribution in [1.82, 2.24) is 14.9 Å². The van der Waals surface area contributed by atoms with Crippen molar-refractivity contribution in [3.8, 4) is 0 Å². The number of nitrogen functional groups attached to an aromatic ring is 1. The molecule has 1 atom stereocenters. The van der Waals surface area contributed by atoms with Crippen LogP contribution in [0.25, 0.3) is 0 Å². The molecule has 0 amide bonds. The Labute approximate surface area is 115 Å². The second-order valence-electron chi connectivity index (χ2n) is 5.88. The average Bonchev–Trinajstić information content (AvgIpc) is 2.33. The van der Waals surface area contributed by atoms with Crippen LogP contribution in [0.15, 0.2) is 0 Å². The molecule has 0 bridgehead atoms. The topological polar surface area (TPSA) is 58.3 Å². The summed E-state index contributed by atoms with van der Waals surface area (Å²) in [5.74, 6) is 2.75. The lowest BCUT2D eigenvalue weighted by atomic mass is 10.1. The molecule has 1 unspecified atom stereocenters. The van der Waals surface area contributed by atoms with Gasteiger partial charge in [0.05, 0.1) is 0 Å². The summed E-state index contributed by atoms with van der Waals surface area (Å²) in [6, 6.07) is 0.451. The van der Waals surface area contributed by atoms with E-state index in [1.54, 1.807) is 0 Å². The van der Waals surface area contributed by atoms with Crippen LogP contribution in [-0.4, -0.2) is 47.6 Å². The monoisotopic (exact) mass is 263 g/mol. The van der Waals surface area contributed by atoms with E-state index in [9.17, 15) is 0 Å². The van der Waals surface area contributed by atoms with Gasteiger partial charge in [0.1, 0.15) is 17.5 Å². The first-order chi connectivity index (χ1) is 8.90. The maximum absolute atomic E-state index is 6.05. The molecule has 19 heavy (non-hydrogen) atoms. The lowest BCUT2D eigenvalue weighted by Gasteiger charge is -2.39. The Balaban J connectivity index is 2.38. The molecule has 1 saturated heterocycles. The van der Waals surface area contributed by atoms with E-state index in [0.717, 1.165) is 36.8 Å². The van der Waals surface area contributed by atoms with Crippen LogP contribution in [0.3, 0.4) is 0 Å². The van der Waals surface area contributed by atoms with Gasteiger partial charge < -0.3 is 15.5 Å². The van der Waals surface area contributed by atoms with E-state index in [1.807, 2.05) is 6.92 Å². The van der Waals surface area contributed by atoms with Gasteiger partial charge in [-0.05, 0) is 20.9 Å². The summed E-state index contributed by atoms with van der Waals surface area (Å²) in [7, 11) is 2.16. The summed E-state index contributed by atoms with van der Waals surface area (Å²) < 4.78 is 0. The number of hydrogen-bond donors (Lipinski definition) is 1. The van der Waals surface area contributed by atoms with E-state index in [1.165, 1.54) is 0 Å². The van der Waals surface area contributed by atoms with E-state index in [2.05, 4.69) is 42.6 Å². The minimum absolute atomic E-state index is 0.296. The van der Waals surface area contributed by atoms with Crippen LogP contribution in [0.5, 0.6) is 0 Å². The van der Waals surface area contributed by atoms with E-state index >= 15 is 0 Å². The molecule has 1 fully saturated rings. The van der Waals surface area contributed by atoms with Crippen molar-refractivity contribution in [2.24, 2.45) is 0 Å². The standard InChI is InChI=1S/C14H25N5/c1-9(2)13-16-12(15)11(4)14(17-13)19-7-6-18(5)8-10(19)3/h9-10H,6-8H2,1-5H3,(H2,15,16,17). The molecule has 1 aromatic rings. The first kappa shape index (κ1) is 14.1. The highest BCUT2D eigenvalue weighted by Crippen LogP contribution is 2.27. The van der Waals surface area contributed by atoms with Crippen molar-refractivity contribution in [2.75, 3.05) is 37.3 Å². The van der Waals surface area contributed by atoms with Crippen molar-refractivity contribution >= 4 is 11.6 Å². The number of piperazine rings is 1. The fourth-order valence-corrected chi connectivity index (χ4v) is 2.53. The highest BCUT2D eigenvalue weighted by atomic mass is 15.3. The lowest BCUT2D eigenvalue weighted by molar-refractivity contribution is 0.274. The summed E-state index contributed by atoms with van der Waals surface area (Å²) in [5, 5.41) is 0. The molecule has 1 aliphatic rings. The van der Waals surface area contributed by atoms with Gasteiger partial charge in [-0.2, -0.15) is 0 Å². The zero-order valence-electron chi connectivity index (χ0n) is 12.6. The van der Waals surface area contributed by atoms with Crippen molar-refractivity contribution < 1.29 is 0 Å². The number of aromatic nitrogens is 2. The number of nitrogens with two attached hydrogens (primary N) is 1. The zero-order chi connectivity index (χ0) is 14.2. The average molecular weight is 263 g/mol. The molecule has 0 aliphatic carbocycles. The van der Waals surface area contributed by atoms with Gasteiger partial charge in [-0.3, -0.25) is 0 Å². The molecule has 5 nitrogen and oxygen atoms in total. The Morgan fingerprint density at radius 1 is 1.26 bits per heavy atom. The van der Waals surface area contributed by atoms with Gasteiger partial charge in [-0.1, -0.05) is 13.8 Å². The maximum Gasteiger partial charge on any atom is 0.137 e. The minimum atomic E-state index is 0.296. The van der Waals surface area contributed by atoms with Crippen LogP contribution in [0.4, 0.5) is 11.6 Å². The third-order valence-electron chi connectivity index (χ3n) is 3.79. The predicted octanol–water partition coefficient (Wildman–Crippen LogP) is 1.63. The van der Waals surface area contributed by atoms with E-state index in [-0.39, 0.29) is 0 Å². The molecule has 0 spiro atoms. The smallest absolute Gasteiger partial charge is 0.137 e. The van der Waals surface area contributed by atoms with Gasteiger partial charge in [0.15, 0.2) is 0 Å². The molecule has 106 valence electrons. The second-order valence-corrected chi connectivity index (χ2v) is 5.88. The number of anilines is 2. The van der Waals surface area contributed by atoms with Crippen molar-refractivity contribution in [3.63, 3.8) is 0 Å². The van der Waals surface area contributed by atoms with Gasteiger partial charge in [0.25, 0.3) is 0 Å². The Morgan fingerprint density at radius 3 is 2.53 bits per heavy atom. The SMILES string of the molecule is Cc1c(N)nc(C(C)C)nc1N1CCN(C)CC1C. The summed E-state index contributed by atoms with van der Waals surface area (Å²) in [6.45, 7) is 11.6. The van der Waals surface area contributed by atoms with Crippen molar-refractivity contribution in [2.45, 2.75) is 39.7 Å². The highest BCUT2D eigenvalue weighted by molar-refractivity contribution is 5.57. The number of hydrogen-bond acceptors (Lipinski definition) is 5. The molecular weight excluding hydrogens is 238 g/mol. The van der Waals surface area contributed by atoms with E-state index in [4.69, 9.17) is 10.7 Å². The summed E-state index contributed by atoms with van der Waals surface area (Å²) in [6.07, 6.45) is 0. The molecule has 0 radical (unpaired) electrons. The molecule has 1 aliphatic heterocycles. The molecule has 0 aromatic carbocycles. The molecule has 5 heteroatoms. The first-order valence-electron chi connectivity index (χ1n) is 6.99. The van der Waals surface area contributed by atoms with Crippen LogP contribution >= 0.6 is 0 Å². The molecule has 2 N–H and O–H groups in total. The highest BCUT2D eigenvalue weighted by Gasteiger charge is 2.25. The molecule has 2 heterocycles. The Kier molecular flexibility index (Phi) is 3.94. The zero-order valence-corrected chi connectivity index (χ0v) is 12.6. The Hall–Kier alpha value is -1.36. The van der Waals surface area contributed by atoms with Crippen molar-refractivity contribution in [1.29, 1.82) is 0 Å². The molecule has 0 saturated carbocycles. The largest absolute Gasteiger partial charge is 0.383 e. The van der Waals surface area contributed by atoms with Crippen LogP contribution in [0.2, 0.25) is 0 Å². The van der Waals surface area contributed by atoms with Crippen molar-refractivity contribution in [3.05, 3.63) is 11.4 Å². The second kappa shape index (κ2) is 5.33. The van der Waals surface area contributed by atoms with Gasteiger partial charge >= 0.3 is 0 Å². The predicted molar refractivity (Wildman–Crippen MR) is 79.6 cm³/mol. The van der Waals surface area contributed by atoms with Gasteiger partial charge in [0, 0.05) is 37.2 Å². The molecule has 1 aromatic heterocycles. The van der Waals surface area contributed by atoms with Gasteiger partial charge in [-0.15, -0.1) is 0 Å². The van der Waals surface area contributed by atoms with Crippen LogP contribution in [-0.2, 0) is 0 Å². The number of rotatable bonds is 2. The third kappa shape index (κ3) is 2.81. The maximum atomic E-state index is 6.05. The lowest BCUT2D eigenvalue weighted by Crippen LogP contribution is -2.51. The number of likely N-dealkylation sites (N-methyl/N-ethyl adjacent to an activating group) is 1. The third-order valence-corrected chi connectivity index (χ3v) is 3.79. The summed E-state index contributed by atoms with van der Waals surface area (Å²) in [4.78, 5) is 13.9.